The molecule has 6 nitrogen and oxygen atoms in total. The van der Waals surface area contributed by atoms with Crippen molar-refractivity contribution in [2.75, 3.05) is 33.9 Å². The standard InChI is InChI=1S/C23H27F3N2O4/c1-5-28(3)15-27-20-11-21(29-4)19(9-16(20)2)22(13-30-14-22)31-12-17-7-6-8-18(10-17)32-23(24,25)26/h6-11,15H,5,12-14H2,1-4H3. The van der Waals surface area contributed by atoms with Crippen LogP contribution in [-0.2, 0) is 21.7 Å². The van der Waals surface area contributed by atoms with Gasteiger partial charge in [-0.15, -0.1) is 13.2 Å². The molecule has 0 bridgehead atoms. The largest absolute Gasteiger partial charge is 0.573 e. The van der Waals surface area contributed by atoms with E-state index in [0.717, 1.165) is 23.4 Å². The van der Waals surface area contributed by atoms with Crippen LogP contribution in [0.1, 0.15) is 23.6 Å². The van der Waals surface area contributed by atoms with Gasteiger partial charge in [-0.1, -0.05) is 12.1 Å². The van der Waals surface area contributed by atoms with E-state index < -0.39 is 12.0 Å². The Bertz CT molecular complexity index is 959. The maximum Gasteiger partial charge on any atom is 0.573 e. The molecule has 0 N–H and O–H groups in total. The van der Waals surface area contributed by atoms with Crippen molar-refractivity contribution in [3.63, 3.8) is 0 Å². The lowest BCUT2D eigenvalue weighted by atomic mass is 9.89. The lowest BCUT2D eigenvalue weighted by Crippen LogP contribution is -2.49. The minimum atomic E-state index is -4.75. The molecule has 0 aromatic heterocycles. The lowest BCUT2D eigenvalue weighted by Gasteiger charge is -2.42. The number of aryl methyl sites for hydroxylation is 1. The van der Waals surface area contributed by atoms with E-state index in [0.29, 0.717) is 24.5 Å². The van der Waals surface area contributed by atoms with E-state index in [1.807, 2.05) is 37.9 Å². The Hall–Kier alpha value is -2.78. The number of halogens is 3. The van der Waals surface area contributed by atoms with Gasteiger partial charge in [-0.05, 0) is 43.2 Å². The molecule has 1 heterocycles. The van der Waals surface area contributed by atoms with Gasteiger partial charge < -0.3 is 23.8 Å². The number of hydrogen-bond donors (Lipinski definition) is 0. The third-order valence-corrected chi connectivity index (χ3v) is 5.22. The number of ether oxygens (including phenoxy) is 4. The molecule has 1 aliphatic rings. The first kappa shape index (κ1) is 23.9. The highest BCUT2D eigenvalue weighted by Gasteiger charge is 2.44. The maximum atomic E-state index is 12.5. The molecule has 174 valence electrons. The first-order valence-electron chi connectivity index (χ1n) is 10.2. The second-order valence-corrected chi connectivity index (χ2v) is 7.63. The number of rotatable bonds is 9. The van der Waals surface area contributed by atoms with Crippen LogP contribution in [0.2, 0.25) is 0 Å². The fourth-order valence-electron chi connectivity index (χ4n) is 3.24. The normalized spacial score (nSPS) is 15.5. The summed E-state index contributed by atoms with van der Waals surface area (Å²) in [5, 5.41) is 0. The third kappa shape index (κ3) is 5.72. The van der Waals surface area contributed by atoms with Crippen molar-refractivity contribution in [1.29, 1.82) is 0 Å². The van der Waals surface area contributed by atoms with E-state index in [1.165, 1.54) is 18.2 Å². The average Bonchev–Trinajstić information content (AvgIpc) is 2.71. The Kier molecular flexibility index (Phi) is 7.30. The minimum absolute atomic E-state index is 0.0851. The molecule has 1 aliphatic heterocycles. The van der Waals surface area contributed by atoms with Gasteiger partial charge in [0.2, 0.25) is 0 Å². The highest BCUT2D eigenvalue weighted by Crippen LogP contribution is 2.42. The van der Waals surface area contributed by atoms with Gasteiger partial charge in [-0.2, -0.15) is 0 Å². The zero-order valence-electron chi connectivity index (χ0n) is 18.5. The molecule has 0 amide bonds. The summed E-state index contributed by atoms with van der Waals surface area (Å²) in [5.74, 6) is 0.324. The second-order valence-electron chi connectivity index (χ2n) is 7.63. The number of alkyl halides is 3. The SMILES string of the molecule is CCN(C)C=Nc1cc(OC)c(C2(OCc3cccc(OC(F)(F)F)c3)COC2)cc1C. The molecule has 0 aliphatic carbocycles. The molecule has 32 heavy (non-hydrogen) atoms. The number of methoxy groups -OCH3 is 1. The molecule has 9 heteroatoms. The van der Waals surface area contributed by atoms with E-state index >= 15 is 0 Å². The number of benzene rings is 2. The van der Waals surface area contributed by atoms with E-state index in [1.54, 1.807) is 19.5 Å². The van der Waals surface area contributed by atoms with Crippen molar-refractivity contribution in [2.45, 2.75) is 32.4 Å². The van der Waals surface area contributed by atoms with Crippen LogP contribution in [-0.4, -0.2) is 51.5 Å². The monoisotopic (exact) mass is 452 g/mol. The molecule has 2 aromatic rings. The van der Waals surface area contributed by atoms with E-state index in [2.05, 4.69) is 9.73 Å². The molecule has 3 rings (SSSR count). The van der Waals surface area contributed by atoms with Crippen molar-refractivity contribution in [1.82, 2.24) is 4.90 Å². The molecule has 2 aromatic carbocycles. The number of nitrogens with zero attached hydrogens (tertiary/aromatic N) is 2. The van der Waals surface area contributed by atoms with Gasteiger partial charge in [-0.25, -0.2) is 4.99 Å². The van der Waals surface area contributed by atoms with Gasteiger partial charge >= 0.3 is 6.36 Å². The van der Waals surface area contributed by atoms with Crippen molar-refractivity contribution < 1.29 is 32.1 Å². The summed E-state index contributed by atoms with van der Waals surface area (Å²) >= 11 is 0. The Morgan fingerprint density at radius 3 is 2.56 bits per heavy atom. The highest BCUT2D eigenvalue weighted by atomic mass is 19.4. The van der Waals surface area contributed by atoms with E-state index in [4.69, 9.17) is 14.2 Å². The zero-order valence-corrected chi connectivity index (χ0v) is 18.5. The maximum absolute atomic E-state index is 12.5. The summed E-state index contributed by atoms with van der Waals surface area (Å²) in [6.07, 6.45) is -2.99. The Labute approximate surface area is 185 Å². The van der Waals surface area contributed by atoms with Crippen LogP contribution in [0.15, 0.2) is 41.4 Å². The van der Waals surface area contributed by atoms with Crippen molar-refractivity contribution in [3.05, 3.63) is 53.1 Å². The first-order valence-corrected chi connectivity index (χ1v) is 10.2. The summed E-state index contributed by atoms with van der Waals surface area (Å²) in [4.78, 5) is 6.49. The van der Waals surface area contributed by atoms with Crippen LogP contribution in [0, 0.1) is 6.92 Å². The van der Waals surface area contributed by atoms with Crippen LogP contribution in [0.25, 0.3) is 0 Å². The van der Waals surface area contributed by atoms with Gasteiger partial charge in [0.1, 0.15) is 17.1 Å². The van der Waals surface area contributed by atoms with Crippen LogP contribution < -0.4 is 9.47 Å². The first-order chi connectivity index (χ1) is 15.2. The van der Waals surface area contributed by atoms with E-state index in [9.17, 15) is 13.2 Å². The van der Waals surface area contributed by atoms with Gasteiger partial charge in [-0.3, -0.25) is 0 Å². The number of hydrogen-bond acceptors (Lipinski definition) is 5. The van der Waals surface area contributed by atoms with Crippen LogP contribution in [0.5, 0.6) is 11.5 Å². The van der Waals surface area contributed by atoms with E-state index in [-0.39, 0.29) is 12.4 Å². The van der Waals surface area contributed by atoms with Gasteiger partial charge in [0, 0.05) is 25.2 Å². The highest BCUT2D eigenvalue weighted by molar-refractivity contribution is 5.65. The molecular weight excluding hydrogens is 425 g/mol. The summed E-state index contributed by atoms with van der Waals surface area (Å²) in [7, 11) is 3.51. The summed E-state index contributed by atoms with van der Waals surface area (Å²) in [6, 6.07) is 9.55. The topological polar surface area (TPSA) is 52.5 Å². The molecule has 1 fully saturated rings. The third-order valence-electron chi connectivity index (χ3n) is 5.22. The summed E-state index contributed by atoms with van der Waals surface area (Å²) < 4.78 is 58.8. The molecule has 0 spiro atoms. The lowest BCUT2D eigenvalue weighted by molar-refractivity contribution is -0.274. The van der Waals surface area contributed by atoms with Crippen LogP contribution in [0.4, 0.5) is 18.9 Å². The Morgan fingerprint density at radius 2 is 1.97 bits per heavy atom. The molecule has 0 atom stereocenters. The molecule has 0 unspecified atom stereocenters. The average molecular weight is 452 g/mol. The molecular formula is C23H27F3N2O4. The van der Waals surface area contributed by atoms with Gasteiger partial charge in [0.15, 0.2) is 0 Å². The molecule has 0 saturated carbocycles. The zero-order chi connectivity index (χ0) is 23.4. The smallest absolute Gasteiger partial charge is 0.496 e. The van der Waals surface area contributed by atoms with Crippen molar-refractivity contribution >= 4 is 12.0 Å². The second kappa shape index (κ2) is 9.79. The van der Waals surface area contributed by atoms with Crippen molar-refractivity contribution in [3.8, 4) is 11.5 Å². The molecule has 1 saturated heterocycles. The summed E-state index contributed by atoms with van der Waals surface area (Å²) in [6.45, 7) is 5.52. The quantitative estimate of drug-likeness (QED) is 0.398. The van der Waals surface area contributed by atoms with Gasteiger partial charge in [0.25, 0.3) is 0 Å². The number of aliphatic imine (C=N–C) groups is 1. The van der Waals surface area contributed by atoms with Crippen LogP contribution in [0.3, 0.4) is 0 Å². The van der Waals surface area contributed by atoms with Gasteiger partial charge in [0.05, 0.1) is 39.0 Å². The predicted octanol–water partition coefficient (Wildman–Crippen LogP) is 4.96. The van der Waals surface area contributed by atoms with Crippen LogP contribution >= 0.6 is 0 Å². The predicted molar refractivity (Wildman–Crippen MR) is 115 cm³/mol. The molecule has 0 radical (unpaired) electrons. The summed E-state index contributed by atoms with van der Waals surface area (Å²) in [5.41, 5.74) is 2.32. The fraction of sp³-hybridized carbons (Fsp3) is 0.435. The minimum Gasteiger partial charge on any atom is -0.496 e. The fourth-order valence-corrected chi connectivity index (χ4v) is 3.24. The Balaban J connectivity index is 1.82. The van der Waals surface area contributed by atoms with Crippen molar-refractivity contribution in [2.24, 2.45) is 4.99 Å². The Morgan fingerprint density at radius 1 is 1.22 bits per heavy atom.